The highest BCUT2D eigenvalue weighted by Gasteiger charge is 2.30. The van der Waals surface area contributed by atoms with Crippen LogP contribution in [0.3, 0.4) is 0 Å². The first kappa shape index (κ1) is 15.8. The molecule has 1 atom stereocenters. The summed E-state index contributed by atoms with van der Waals surface area (Å²) in [5, 5.41) is 20.2. The first-order chi connectivity index (χ1) is 8.65. The van der Waals surface area contributed by atoms with Gasteiger partial charge in [0.2, 0.25) is 0 Å². The van der Waals surface area contributed by atoms with Crippen LogP contribution in [-0.4, -0.2) is 34.2 Å². The van der Waals surface area contributed by atoms with E-state index in [1.807, 2.05) is 0 Å². The van der Waals surface area contributed by atoms with Crippen LogP contribution >= 0.6 is 22.6 Å². The number of hydrogen-bond acceptors (Lipinski definition) is 3. The summed E-state index contributed by atoms with van der Waals surface area (Å²) in [6.45, 7) is 0.446. The van der Waals surface area contributed by atoms with Crippen molar-refractivity contribution in [3.8, 4) is 0 Å². The number of nitrogens with one attached hydrogen (secondary N) is 1. The number of carboxylic acids is 1. The molecule has 0 fully saturated rings. The molecule has 19 heavy (non-hydrogen) atoms. The van der Waals surface area contributed by atoms with Crippen molar-refractivity contribution in [3.05, 3.63) is 32.9 Å². The smallest absolute Gasteiger partial charge is 0.337 e. The second-order valence-corrected chi connectivity index (χ2v) is 5.17. The van der Waals surface area contributed by atoms with Gasteiger partial charge in [0.1, 0.15) is 0 Å². The van der Waals surface area contributed by atoms with Crippen LogP contribution in [0.15, 0.2) is 12.1 Å². The molecule has 0 saturated heterocycles. The summed E-state index contributed by atoms with van der Waals surface area (Å²) >= 11 is 1.65. The Kier molecular flexibility index (Phi) is 4.80. The Bertz CT molecular complexity index is 534. The van der Waals surface area contributed by atoms with E-state index in [-0.39, 0.29) is 9.13 Å². The van der Waals surface area contributed by atoms with Gasteiger partial charge in [0.05, 0.1) is 12.1 Å². The summed E-state index contributed by atoms with van der Waals surface area (Å²) in [5.74, 6) is -4.58. The Hall–Kier alpha value is -1.29. The molecule has 8 heteroatoms. The van der Waals surface area contributed by atoms with Crippen molar-refractivity contribution >= 4 is 34.5 Å². The largest absolute Gasteiger partial charge is 0.479 e. The number of aliphatic carboxylic acids is 1. The second kappa shape index (κ2) is 5.78. The molecule has 1 amide bonds. The average Bonchev–Trinajstić information content (AvgIpc) is 2.30. The van der Waals surface area contributed by atoms with E-state index in [1.165, 1.54) is 0 Å². The molecule has 5 nitrogen and oxygen atoms in total. The molecule has 0 saturated carbocycles. The van der Waals surface area contributed by atoms with Gasteiger partial charge in [-0.2, -0.15) is 0 Å². The molecule has 0 aliphatic carbocycles. The maximum Gasteiger partial charge on any atom is 0.337 e. The van der Waals surface area contributed by atoms with E-state index >= 15 is 0 Å². The zero-order valence-electron chi connectivity index (χ0n) is 9.71. The third kappa shape index (κ3) is 3.83. The normalized spacial score (nSPS) is 13.7. The predicted octanol–water partition coefficient (Wildman–Crippen LogP) is 1.13. The van der Waals surface area contributed by atoms with Crippen molar-refractivity contribution in [1.82, 2.24) is 5.32 Å². The number of carboxylic acid groups (broad SMARTS) is 1. The van der Waals surface area contributed by atoms with E-state index in [0.717, 1.165) is 13.0 Å². The molecule has 1 aromatic carbocycles. The first-order valence-corrected chi connectivity index (χ1v) is 6.11. The second-order valence-electron chi connectivity index (χ2n) is 4.01. The monoisotopic (exact) mass is 385 g/mol. The molecule has 0 heterocycles. The Morgan fingerprint density at radius 2 is 1.89 bits per heavy atom. The lowest BCUT2D eigenvalue weighted by molar-refractivity contribution is -0.155. The standard InChI is InChI=1S/C11H10F2INO4/c1-11(19,10(17)18)4-15-9(16)5-2-6(12)7(13)3-8(5)14/h2-3,19H,4H2,1H3,(H,15,16)(H,17,18). The van der Waals surface area contributed by atoms with Crippen LogP contribution in [0.1, 0.15) is 17.3 Å². The van der Waals surface area contributed by atoms with Crippen molar-refractivity contribution in [1.29, 1.82) is 0 Å². The van der Waals surface area contributed by atoms with Crippen LogP contribution in [0, 0.1) is 15.2 Å². The molecule has 0 aliphatic heterocycles. The van der Waals surface area contributed by atoms with Crippen molar-refractivity contribution in [2.75, 3.05) is 6.54 Å². The van der Waals surface area contributed by atoms with E-state index in [9.17, 15) is 23.5 Å². The molecule has 1 rings (SSSR count). The molecule has 3 N–H and O–H groups in total. The SMILES string of the molecule is CC(O)(CNC(=O)c1cc(F)c(F)cc1I)C(=O)O. The van der Waals surface area contributed by atoms with Gasteiger partial charge in [0.25, 0.3) is 5.91 Å². The predicted molar refractivity (Wildman–Crippen MR) is 69.7 cm³/mol. The fourth-order valence-electron chi connectivity index (χ4n) is 1.12. The highest BCUT2D eigenvalue weighted by atomic mass is 127. The summed E-state index contributed by atoms with van der Waals surface area (Å²) in [7, 11) is 0. The fraction of sp³-hybridized carbons (Fsp3) is 0.273. The van der Waals surface area contributed by atoms with Gasteiger partial charge in [-0.25, -0.2) is 13.6 Å². The Morgan fingerprint density at radius 1 is 1.37 bits per heavy atom. The van der Waals surface area contributed by atoms with Crippen LogP contribution in [0.5, 0.6) is 0 Å². The van der Waals surface area contributed by atoms with Gasteiger partial charge in [0, 0.05) is 3.57 Å². The van der Waals surface area contributed by atoms with Crippen molar-refractivity contribution < 1.29 is 28.6 Å². The molecule has 0 spiro atoms. The van der Waals surface area contributed by atoms with Gasteiger partial charge in [-0.15, -0.1) is 0 Å². The first-order valence-electron chi connectivity index (χ1n) is 5.03. The van der Waals surface area contributed by atoms with Gasteiger partial charge in [0.15, 0.2) is 17.2 Å². The third-order valence-corrected chi connectivity index (χ3v) is 3.20. The van der Waals surface area contributed by atoms with Gasteiger partial charge in [-0.3, -0.25) is 4.79 Å². The fourth-order valence-corrected chi connectivity index (χ4v) is 1.79. The molecular formula is C11H10F2INO4. The van der Waals surface area contributed by atoms with E-state index in [1.54, 1.807) is 22.6 Å². The van der Waals surface area contributed by atoms with E-state index < -0.39 is 35.7 Å². The number of rotatable bonds is 4. The number of carbonyl (C=O) groups excluding carboxylic acids is 1. The van der Waals surface area contributed by atoms with Crippen LogP contribution in [0.2, 0.25) is 0 Å². The minimum Gasteiger partial charge on any atom is -0.479 e. The zero-order valence-corrected chi connectivity index (χ0v) is 11.9. The lowest BCUT2D eigenvalue weighted by atomic mass is 10.1. The van der Waals surface area contributed by atoms with Gasteiger partial charge < -0.3 is 15.5 Å². The molecule has 0 aliphatic rings. The summed E-state index contributed by atoms with van der Waals surface area (Å²) in [5.41, 5.74) is -2.28. The van der Waals surface area contributed by atoms with E-state index in [0.29, 0.717) is 6.07 Å². The lowest BCUT2D eigenvalue weighted by Crippen LogP contribution is -2.46. The minimum atomic E-state index is -2.14. The molecular weight excluding hydrogens is 375 g/mol. The number of aliphatic hydroxyl groups is 1. The Morgan fingerprint density at radius 3 is 2.42 bits per heavy atom. The van der Waals surface area contributed by atoms with Gasteiger partial charge in [-0.1, -0.05) is 0 Å². The summed E-state index contributed by atoms with van der Waals surface area (Å²) < 4.78 is 26.1. The molecule has 0 bridgehead atoms. The third-order valence-electron chi connectivity index (χ3n) is 2.31. The topological polar surface area (TPSA) is 86.6 Å². The maximum absolute atomic E-state index is 13.0. The summed E-state index contributed by atoms with van der Waals surface area (Å²) in [4.78, 5) is 22.3. The molecule has 0 aromatic heterocycles. The number of hydrogen-bond donors (Lipinski definition) is 3. The minimum absolute atomic E-state index is 0.138. The van der Waals surface area contributed by atoms with E-state index in [2.05, 4.69) is 5.32 Å². The van der Waals surface area contributed by atoms with Crippen LogP contribution < -0.4 is 5.32 Å². The zero-order chi connectivity index (χ0) is 14.8. The number of benzene rings is 1. The summed E-state index contributed by atoms with van der Waals surface area (Å²) in [6, 6.07) is 1.56. The van der Waals surface area contributed by atoms with Crippen molar-refractivity contribution in [3.63, 3.8) is 0 Å². The van der Waals surface area contributed by atoms with Crippen molar-refractivity contribution in [2.45, 2.75) is 12.5 Å². The van der Waals surface area contributed by atoms with Gasteiger partial charge in [-0.05, 0) is 41.6 Å². The summed E-state index contributed by atoms with van der Waals surface area (Å²) in [6.07, 6.45) is 0. The van der Waals surface area contributed by atoms with Crippen molar-refractivity contribution in [2.24, 2.45) is 0 Å². The van der Waals surface area contributed by atoms with Gasteiger partial charge >= 0.3 is 5.97 Å². The number of carbonyl (C=O) groups is 2. The quantitative estimate of drug-likeness (QED) is 0.536. The number of halogens is 3. The molecule has 1 unspecified atom stereocenters. The Labute approximate surface area is 120 Å². The maximum atomic E-state index is 13.0. The van der Waals surface area contributed by atoms with Crippen LogP contribution in [-0.2, 0) is 4.79 Å². The Balaban J connectivity index is 2.86. The van der Waals surface area contributed by atoms with Crippen LogP contribution in [0.25, 0.3) is 0 Å². The highest BCUT2D eigenvalue weighted by Crippen LogP contribution is 2.17. The number of amides is 1. The average molecular weight is 385 g/mol. The molecule has 0 radical (unpaired) electrons. The highest BCUT2D eigenvalue weighted by molar-refractivity contribution is 14.1. The van der Waals surface area contributed by atoms with E-state index in [4.69, 9.17) is 5.11 Å². The lowest BCUT2D eigenvalue weighted by Gasteiger charge is -2.18. The molecule has 104 valence electrons. The van der Waals surface area contributed by atoms with Crippen LogP contribution in [0.4, 0.5) is 8.78 Å². The molecule has 1 aromatic rings.